The number of nitrogens with zero attached hydrogens (tertiary/aromatic N) is 1. The molecule has 20 heavy (non-hydrogen) atoms. The Labute approximate surface area is 116 Å². The quantitative estimate of drug-likeness (QED) is 0.556. The number of benzene rings is 1. The van der Waals surface area contributed by atoms with Gasteiger partial charge in [-0.05, 0) is 31.9 Å². The fourth-order valence-corrected chi connectivity index (χ4v) is 2.14. The van der Waals surface area contributed by atoms with Crippen molar-refractivity contribution in [3.05, 3.63) is 33.9 Å². The zero-order valence-electron chi connectivity index (χ0n) is 11.1. The zero-order valence-corrected chi connectivity index (χ0v) is 11.1. The van der Waals surface area contributed by atoms with Crippen LogP contribution in [0.1, 0.15) is 30.1 Å². The van der Waals surface area contributed by atoms with E-state index in [0.29, 0.717) is 30.6 Å². The van der Waals surface area contributed by atoms with Crippen LogP contribution in [0.5, 0.6) is 0 Å². The third kappa shape index (κ3) is 3.05. The molecular weight excluding hydrogens is 262 g/mol. The highest BCUT2D eigenvalue weighted by Gasteiger charge is 2.29. The van der Waals surface area contributed by atoms with E-state index in [1.54, 1.807) is 6.92 Å². The number of hydrogen-bond donors (Lipinski definition) is 3. The van der Waals surface area contributed by atoms with Gasteiger partial charge in [0.25, 0.3) is 11.6 Å². The van der Waals surface area contributed by atoms with Crippen LogP contribution in [-0.4, -0.2) is 34.6 Å². The summed E-state index contributed by atoms with van der Waals surface area (Å²) in [5, 5.41) is 25.9. The van der Waals surface area contributed by atoms with Crippen molar-refractivity contribution in [1.82, 2.24) is 5.32 Å². The summed E-state index contributed by atoms with van der Waals surface area (Å²) in [5.74, 6) is -0.265. The van der Waals surface area contributed by atoms with Crippen LogP contribution in [0.2, 0.25) is 0 Å². The van der Waals surface area contributed by atoms with Crippen molar-refractivity contribution in [3.63, 3.8) is 0 Å². The first kappa shape index (κ1) is 14.3. The van der Waals surface area contributed by atoms with Gasteiger partial charge < -0.3 is 15.7 Å². The standard InChI is InChI=1S/C13H17N3O4/c1-2-14-13(18)8-3-4-12(16(19)20)11(5-8)15-9-6-10(17)7-9/h3-5,9-10,15,17H,2,6-7H2,1H3,(H,14,18). The molecule has 0 spiro atoms. The average Bonchev–Trinajstić information content (AvgIpc) is 2.36. The highest BCUT2D eigenvalue weighted by molar-refractivity contribution is 5.95. The summed E-state index contributed by atoms with van der Waals surface area (Å²) in [6, 6.07) is 4.24. The van der Waals surface area contributed by atoms with Crippen molar-refractivity contribution in [1.29, 1.82) is 0 Å². The molecule has 0 unspecified atom stereocenters. The Morgan fingerprint density at radius 3 is 2.75 bits per heavy atom. The van der Waals surface area contributed by atoms with Crippen molar-refractivity contribution >= 4 is 17.3 Å². The smallest absolute Gasteiger partial charge is 0.292 e. The molecule has 0 aromatic heterocycles. The maximum atomic E-state index is 11.8. The number of nitrogens with one attached hydrogen (secondary N) is 2. The third-order valence-electron chi connectivity index (χ3n) is 3.27. The Morgan fingerprint density at radius 2 is 2.20 bits per heavy atom. The summed E-state index contributed by atoms with van der Waals surface area (Å²) in [6.45, 7) is 2.30. The highest BCUT2D eigenvalue weighted by atomic mass is 16.6. The van der Waals surface area contributed by atoms with Gasteiger partial charge in [-0.3, -0.25) is 14.9 Å². The fourth-order valence-electron chi connectivity index (χ4n) is 2.14. The number of rotatable bonds is 5. The summed E-state index contributed by atoms with van der Waals surface area (Å²) in [4.78, 5) is 22.3. The molecule has 1 aliphatic rings. The van der Waals surface area contributed by atoms with Crippen molar-refractivity contribution < 1.29 is 14.8 Å². The molecule has 0 bridgehead atoms. The average molecular weight is 279 g/mol. The predicted molar refractivity (Wildman–Crippen MR) is 73.8 cm³/mol. The van der Waals surface area contributed by atoms with Crippen LogP contribution in [0.3, 0.4) is 0 Å². The number of amides is 1. The summed E-state index contributed by atoms with van der Waals surface area (Å²) in [5.41, 5.74) is 0.620. The van der Waals surface area contributed by atoms with E-state index in [2.05, 4.69) is 10.6 Å². The van der Waals surface area contributed by atoms with Gasteiger partial charge in [0, 0.05) is 24.2 Å². The zero-order chi connectivity index (χ0) is 14.7. The molecule has 1 saturated carbocycles. The Kier molecular flexibility index (Phi) is 4.19. The maximum Gasteiger partial charge on any atom is 0.292 e. The van der Waals surface area contributed by atoms with Crippen molar-refractivity contribution in [3.8, 4) is 0 Å². The first-order valence-corrected chi connectivity index (χ1v) is 6.52. The van der Waals surface area contributed by atoms with E-state index in [4.69, 9.17) is 0 Å². The van der Waals surface area contributed by atoms with Crippen molar-refractivity contribution in [2.45, 2.75) is 31.9 Å². The lowest BCUT2D eigenvalue weighted by Crippen LogP contribution is -2.39. The normalized spacial score (nSPS) is 20.9. The van der Waals surface area contributed by atoms with Gasteiger partial charge in [0.2, 0.25) is 0 Å². The largest absolute Gasteiger partial charge is 0.393 e. The first-order chi connectivity index (χ1) is 9.51. The number of carbonyl (C=O) groups is 1. The molecule has 0 radical (unpaired) electrons. The molecule has 1 aliphatic carbocycles. The second-order valence-electron chi connectivity index (χ2n) is 4.81. The number of aliphatic hydroxyl groups excluding tert-OH is 1. The first-order valence-electron chi connectivity index (χ1n) is 6.52. The lowest BCUT2D eigenvalue weighted by atomic mass is 9.89. The fraction of sp³-hybridized carbons (Fsp3) is 0.462. The number of nitro benzene ring substituents is 1. The van der Waals surface area contributed by atoms with E-state index in [-0.39, 0.29) is 23.7 Å². The number of carbonyl (C=O) groups excluding carboxylic acids is 1. The number of hydrogen-bond acceptors (Lipinski definition) is 5. The number of nitro groups is 1. The second-order valence-corrected chi connectivity index (χ2v) is 4.81. The molecule has 0 aliphatic heterocycles. The van der Waals surface area contributed by atoms with Crippen LogP contribution in [0.15, 0.2) is 18.2 Å². The molecule has 108 valence electrons. The minimum absolute atomic E-state index is 0.00758. The van der Waals surface area contributed by atoms with E-state index in [0.717, 1.165) is 0 Å². The highest BCUT2D eigenvalue weighted by Crippen LogP contribution is 2.30. The number of aliphatic hydroxyl groups is 1. The van der Waals surface area contributed by atoms with Gasteiger partial charge in [-0.1, -0.05) is 0 Å². The monoisotopic (exact) mass is 279 g/mol. The minimum atomic E-state index is -0.487. The summed E-state index contributed by atoms with van der Waals surface area (Å²) >= 11 is 0. The topological polar surface area (TPSA) is 104 Å². The van der Waals surface area contributed by atoms with Gasteiger partial charge in [-0.2, -0.15) is 0 Å². The van der Waals surface area contributed by atoms with Crippen LogP contribution in [0.4, 0.5) is 11.4 Å². The molecule has 0 atom stereocenters. The van der Waals surface area contributed by atoms with Gasteiger partial charge in [0.15, 0.2) is 0 Å². The van der Waals surface area contributed by atoms with Crippen LogP contribution < -0.4 is 10.6 Å². The molecule has 0 heterocycles. The Balaban J connectivity index is 2.22. The third-order valence-corrected chi connectivity index (χ3v) is 3.27. The van der Waals surface area contributed by atoms with Crippen molar-refractivity contribution in [2.24, 2.45) is 0 Å². The van der Waals surface area contributed by atoms with Crippen LogP contribution in [0.25, 0.3) is 0 Å². The number of anilines is 1. The molecule has 2 rings (SSSR count). The van der Waals surface area contributed by atoms with E-state index in [1.165, 1.54) is 18.2 Å². The Hall–Kier alpha value is -2.15. The van der Waals surface area contributed by atoms with Gasteiger partial charge in [-0.25, -0.2) is 0 Å². The van der Waals surface area contributed by atoms with Crippen LogP contribution in [-0.2, 0) is 0 Å². The molecule has 7 nitrogen and oxygen atoms in total. The molecule has 0 saturated heterocycles. The van der Waals surface area contributed by atoms with Gasteiger partial charge >= 0.3 is 0 Å². The summed E-state index contributed by atoms with van der Waals surface area (Å²) in [6.07, 6.45) is 0.767. The molecular formula is C13H17N3O4. The molecule has 1 aromatic rings. The van der Waals surface area contributed by atoms with Gasteiger partial charge in [0.05, 0.1) is 11.0 Å². The lowest BCUT2D eigenvalue weighted by Gasteiger charge is -2.32. The van der Waals surface area contributed by atoms with Gasteiger partial charge in [0.1, 0.15) is 5.69 Å². The van der Waals surface area contributed by atoms with Crippen LogP contribution in [0, 0.1) is 10.1 Å². The Bertz CT molecular complexity index is 526. The minimum Gasteiger partial charge on any atom is -0.393 e. The SMILES string of the molecule is CCNC(=O)c1ccc([N+](=O)[O-])c(NC2CC(O)C2)c1. The summed E-state index contributed by atoms with van der Waals surface area (Å²) in [7, 11) is 0. The Morgan fingerprint density at radius 1 is 1.50 bits per heavy atom. The van der Waals surface area contributed by atoms with Gasteiger partial charge in [-0.15, -0.1) is 0 Å². The molecule has 1 amide bonds. The van der Waals surface area contributed by atoms with E-state index in [1.807, 2.05) is 0 Å². The lowest BCUT2D eigenvalue weighted by molar-refractivity contribution is -0.384. The summed E-state index contributed by atoms with van der Waals surface area (Å²) < 4.78 is 0. The van der Waals surface area contributed by atoms with Crippen LogP contribution >= 0.6 is 0 Å². The molecule has 3 N–H and O–H groups in total. The molecule has 1 fully saturated rings. The molecule has 1 aromatic carbocycles. The van der Waals surface area contributed by atoms with E-state index < -0.39 is 4.92 Å². The maximum absolute atomic E-state index is 11.8. The predicted octanol–water partition coefficient (Wildman–Crippen LogP) is 1.28. The molecule has 7 heteroatoms. The van der Waals surface area contributed by atoms with Crippen molar-refractivity contribution in [2.75, 3.05) is 11.9 Å². The van der Waals surface area contributed by atoms with E-state index >= 15 is 0 Å². The van der Waals surface area contributed by atoms with E-state index in [9.17, 15) is 20.0 Å². The second kappa shape index (κ2) is 5.87.